The molecule has 2 aromatic carbocycles. The van der Waals surface area contributed by atoms with Crippen molar-refractivity contribution in [2.75, 3.05) is 6.54 Å². The summed E-state index contributed by atoms with van der Waals surface area (Å²) in [5, 5.41) is 20.7. The van der Waals surface area contributed by atoms with Gasteiger partial charge in [-0.2, -0.15) is 5.26 Å². The van der Waals surface area contributed by atoms with E-state index in [2.05, 4.69) is 6.07 Å². The Morgan fingerprint density at radius 2 is 1.97 bits per heavy atom. The number of hydrogen-bond acceptors (Lipinski definition) is 5. The van der Waals surface area contributed by atoms with E-state index in [0.717, 1.165) is 5.56 Å². The molecule has 0 saturated heterocycles. The highest BCUT2D eigenvalue weighted by molar-refractivity contribution is 6.30. The number of carboxylic acid groups (broad SMARTS) is 1. The Labute approximate surface area is 191 Å². The third kappa shape index (κ3) is 3.28. The van der Waals surface area contributed by atoms with Crippen molar-refractivity contribution in [2.24, 2.45) is 34.3 Å². The molecular formula is C25H25ClN2O4. The fraction of sp³-hybridized carbons (Fsp3) is 0.400. The van der Waals surface area contributed by atoms with Gasteiger partial charge in [-0.15, -0.1) is 0 Å². The minimum absolute atomic E-state index is 0.182. The van der Waals surface area contributed by atoms with Gasteiger partial charge in [0, 0.05) is 10.9 Å². The molecule has 0 spiro atoms. The summed E-state index contributed by atoms with van der Waals surface area (Å²) in [5.74, 6) is -0.959. The van der Waals surface area contributed by atoms with Crippen LogP contribution in [0.4, 0.5) is 0 Å². The number of carbonyl (C=O) groups is 2. The first-order valence-corrected chi connectivity index (χ1v) is 11.1. The van der Waals surface area contributed by atoms with Crippen LogP contribution in [0.15, 0.2) is 48.5 Å². The average Bonchev–Trinajstić information content (AvgIpc) is 3.33. The maximum absolute atomic E-state index is 13.0. The molecule has 5 atom stereocenters. The molecule has 166 valence electrons. The van der Waals surface area contributed by atoms with Crippen molar-refractivity contribution in [3.8, 4) is 17.6 Å². The minimum Gasteiger partial charge on any atom is -0.481 e. The maximum Gasteiger partial charge on any atom is 0.310 e. The normalized spacial score (nSPS) is 30.2. The summed E-state index contributed by atoms with van der Waals surface area (Å²) in [6.45, 7) is 1.54. The molecule has 0 aromatic heterocycles. The average molecular weight is 453 g/mol. The molecule has 2 aliphatic carbocycles. The number of Topliss-reactive ketones (excluding diaryl/α,β-unsaturated/α-hetero) is 1. The number of nitrogens with zero attached hydrogens (tertiary/aromatic N) is 1. The lowest BCUT2D eigenvalue weighted by Gasteiger charge is -2.33. The quantitative estimate of drug-likeness (QED) is 0.611. The summed E-state index contributed by atoms with van der Waals surface area (Å²) in [4.78, 5) is 25.1. The summed E-state index contributed by atoms with van der Waals surface area (Å²) in [6.07, 6.45) is 1.39. The van der Waals surface area contributed by atoms with Gasteiger partial charge in [0.25, 0.3) is 0 Å². The van der Waals surface area contributed by atoms with Gasteiger partial charge in [0.1, 0.15) is 16.9 Å². The zero-order valence-electron chi connectivity index (χ0n) is 17.8. The van der Waals surface area contributed by atoms with Crippen LogP contribution in [0.1, 0.15) is 25.3 Å². The largest absolute Gasteiger partial charge is 0.481 e. The summed E-state index contributed by atoms with van der Waals surface area (Å²) in [5.41, 5.74) is 4.24. The van der Waals surface area contributed by atoms with E-state index in [1.807, 2.05) is 31.2 Å². The van der Waals surface area contributed by atoms with Gasteiger partial charge in [-0.3, -0.25) is 9.59 Å². The molecule has 0 bridgehead atoms. The number of aliphatic carboxylic acids is 1. The van der Waals surface area contributed by atoms with Gasteiger partial charge >= 0.3 is 5.97 Å². The van der Waals surface area contributed by atoms with Crippen LogP contribution in [0, 0.1) is 39.9 Å². The third-order valence-corrected chi connectivity index (χ3v) is 7.68. The second kappa shape index (κ2) is 8.23. The number of fused-ring (bicyclic) bond motifs is 1. The van der Waals surface area contributed by atoms with Crippen molar-refractivity contribution >= 4 is 23.4 Å². The molecule has 2 saturated carbocycles. The lowest BCUT2D eigenvalue weighted by Crippen LogP contribution is -2.45. The second-order valence-corrected chi connectivity index (χ2v) is 9.17. The van der Waals surface area contributed by atoms with Crippen LogP contribution in [0.2, 0.25) is 5.02 Å². The lowest BCUT2D eigenvalue weighted by molar-refractivity contribution is -0.146. The Hall–Kier alpha value is -2.88. The minimum atomic E-state index is -1.37. The highest BCUT2D eigenvalue weighted by Gasteiger charge is 2.82. The number of carboxylic acids is 1. The van der Waals surface area contributed by atoms with Crippen molar-refractivity contribution in [2.45, 2.75) is 26.2 Å². The molecule has 0 heterocycles. The molecule has 0 aliphatic heterocycles. The molecular weight excluding hydrogens is 428 g/mol. The predicted octanol–water partition coefficient (Wildman–Crippen LogP) is 4.46. The molecule has 3 N–H and O–H groups in total. The number of carbonyl (C=O) groups excluding carboxylic acids is 1. The summed E-state index contributed by atoms with van der Waals surface area (Å²) < 4.78 is 5.91. The summed E-state index contributed by atoms with van der Waals surface area (Å²) >= 11 is 5.92. The van der Waals surface area contributed by atoms with E-state index in [0.29, 0.717) is 35.8 Å². The van der Waals surface area contributed by atoms with Crippen LogP contribution < -0.4 is 10.5 Å². The van der Waals surface area contributed by atoms with Gasteiger partial charge in [-0.1, -0.05) is 30.7 Å². The third-order valence-electron chi connectivity index (χ3n) is 7.43. The summed E-state index contributed by atoms with van der Waals surface area (Å²) in [7, 11) is 0. The molecule has 2 fully saturated rings. The molecule has 7 heteroatoms. The van der Waals surface area contributed by atoms with Gasteiger partial charge in [-0.05, 0) is 73.1 Å². The number of ether oxygens (including phenoxy) is 1. The van der Waals surface area contributed by atoms with E-state index < -0.39 is 22.7 Å². The van der Waals surface area contributed by atoms with Crippen LogP contribution >= 0.6 is 11.6 Å². The molecule has 0 radical (unpaired) electrons. The highest BCUT2D eigenvalue weighted by atomic mass is 35.5. The van der Waals surface area contributed by atoms with Gasteiger partial charge in [0.05, 0.1) is 18.0 Å². The van der Waals surface area contributed by atoms with Crippen LogP contribution in [0.3, 0.4) is 0 Å². The summed E-state index contributed by atoms with van der Waals surface area (Å²) in [6, 6.07) is 16.8. The van der Waals surface area contributed by atoms with Crippen LogP contribution in [0.5, 0.6) is 11.5 Å². The SMILES string of the molecule is CCC1(C(=O)O)C2CC(Cc3cccc(Oc4ccc(Cl)cc4)c3)C(C#N)(C(=O)CN)C21. The second-order valence-electron chi connectivity index (χ2n) is 8.73. The Bertz CT molecular complexity index is 1100. The molecule has 2 aromatic rings. The number of rotatable bonds is 8. The van der Waals surface area contributed by atoms with E-state index in [1.54, 1.807) is 24.3 Å². The zero-order chi connectivity index (χ0) is 23.1. The van der Waals surface area contributed by atoms with E-state index in [1.165, 1.54) is 0 Å². The van der Waals surface area contributed by atoms with Crippen LogP contribution in [-0.2, 0) is 16.0 Å². The smallest absolute Gasteiger partial charge is 0.310 e. The Kier molecular flexibility index (Phi) is 5.74. The van der Waals surface area contributed by atoms with E-state index in [-0.39, 0.29) is 24.2 Å². The first kappa shape index (κ1) is 22.3. The number of benzene rings is 2. The fourth-order valence-corrected chi connectivity index (χ4v) is 6.08. The van der Waals surface area contributed by atoms with Crippen molar-refractivity contribution in [1.82, 2.24) is 0 Å². The topological polar surface area (TPSA) is 113 Å². The van der Waals surface area contributed by atoms with Crippen LogP contribution in [0.25, 0.3) is 0 Å². The Morgan fingerprint density at radius 1 is 1.25 bits per heavy atom. The van der Waals surface area contributed by atoms with Crippen molar-refractivity contribution in [3.63, 3.8) is 0 Å². The van der Waals surface area contributed by atoms with Gasteiger partial charge in [-0.25, -0.2) is 0 Å². The lowest BCUT2D eigenvalue weighted by atomic mass is 9.65. The maximum atomic E-state index is 13.0. The van der Waals surface area contributed by atoms with Crippen molar-refractivity contribution in [1.29, 1.82) is 5.26 Å². The molecule has 6 nitrogen and oxygen atoms in total. The predicted molar refractivity (Wildman–Crippen MR) is 119 cm³/mol. The Balaban J connectivity index is 1.60. The number of ketones is 1. The van der Waals surface area contributed by atoms with Crippen LogP contribution in [-0.4, -0.2) is 23.4 Å². The number of hydrogen-bond donors (Lipinski definition) is 2. The van der Waals surface area contributed by atoms with Gasteiger partial charge in [0.15, 0.2) is 5.78 Å². The van der Waals surface area contributed by atoms with E-state index in [9.17, 15) is 20.0 Å². The molecule has 0 amide bonds. The number of nitrogens with two attached hydrogens (primary N) is 1. The zero-order valence-corrected chi connectivity index (χ0v) is 18.5. The first-order chi connectivity index (χ1) is 15.3. The van der Waals surface area contributed by atoms with E-state index >= 15 is 0 Å². The molecule has 2 aliphatic rings. The van der Waals surface area contributed by atoms with E-state index in [4.69, 9.17) is 22.1 Å². The van der Waals surface area contributed by atoms with Gasteiger partial charge in [0.2, 0.25) is 0 Å². The molecule has 32 heavy (non-hydrogen) atoms. The van der Waals surface area contributed by atoms with Crippen molar-refractivity contribution < 1.29 is 19.4 Å². The Morgan fingerprint density at radius 3 is 2.56 bits per heavy atom. The van der Waals surface area contributed by atoms with Gasteiger partial charge < -0.3 is 15.6 Å². The molecule has 5 unspecified atom stereocenters. The number of nitriles is 1. The van der Waals surface area contributed by atoms with Crippen molar-refractivity contribution in [3.05, 3.63) is 59.1 Å². The monoisotopic (exact) mass is 452 g/mol. The standard InChI is InChI=1S/C25H25ClN2O4/c1-2-24(23(30)31)20-12-16(25(14-28,22(20)24)21(29)13-27)10-15-4-3-5-19(11-15)32-18-8-6-17(26)7-9-18/h3-9,11,16,20,22H,2,10,12-13,27H2,1H3,(H,30,31). The molecule has 4 rings (SSSR count). The number of halogens is 1. The highest BCUT2D eigenvalue weighted by Crippen LogP contribution is 2.77. The first-order valence-electron chi connectivity index (χ1n) is 10.7. The fourth-order valence-electron chi connectivity index (χ4n) is 5.96.